The Morgan fingerprint density at radius 2 is 2.11 bits per heavy atom. The van der Waals surface area contributed by atoms with Gasteiger partial charge in [-0.25, -0.2) is 0 Å². The summed E-state index contributed by atoms with van der Waals surface area (Å²) in [5.41, 5.74) is 0.867. The fourth-order valence-electron chi connectivity index (χ4n) is 1.62. The largest absolute Gasteiger partial charge is 0.486 e. The summed E-state index contributed by atoms with van der Waals surface area (Å²) < 4.78 is 16.1. The molecule has 1 aromatic rings. The maximum Gasteiger partial charge on any atom is 0.170 e. The van der Waals surface area contributed by atoms with Gasteiger partial charge in [-0.2, -0.15) is 0 Å². The average molecular weight is 282 g/mol. The first-order chi connectivity index (χ1) is 9.19. The summed E-state index contributed by atoms with van der Waals surface area (Å²) in [4.78, 5) is 0. The Morgan fingerprint density at radius 3 is 2.84 bits per heavy atom. The molecule has 104 valence electrons. The highest BCUT2D eigenvalue weighted by Gasteiger charge is 2.12. The topological polar surface area (TPSA) is 51.8 Å². The van der Waals surface area contributed by atoms with Crippen LogP contribution in [0.2, 0.25) is 0 Å². The monoisotopic (exact) mass is 282 g/mol. The number of benzene rings is 1. The summed E-state index contributed by atoms with van der Waals surface area (Å²) >= 11 is 5.21. The zero-order chi connectivity index (χ0) is 13.7. The number of hydrogen-bond acceptors (Lipinski definition) is 4. The minimum Gasteiger partial charge on any atom is -0.486 e. The second-order valence-corrected chi connectivity index (χ2v) is 4.65. The second-order valence-electron chi connectivity index (χ2n) is 4.24. The van der Waals surface area contributed by atoms with Crippen LogP contribution in [0.1, 0.15) is 6.92 Å². The average Bonchev–Trinajstić information content (AvgIpc) is 2.44. The lowest BCUT2D eigenvalue weighted by atomic mass is 10.2. The Balaban J connectivity index is 1.90. The first-order valence-corrected chi connectivity index (χ1v) is 6.57. The van der Waals surface area contributed by atoms with Gasteiger partial charge in [-0.05, 0) is 31.3 Å². The molecule has 5 nitrogen and oxygen atoms in total. The van der Waals surface area contributed by atoms with Gasteiger partial charge in [0.15, 0.2) is 16.6 Å². The fourth-order valence-corrected chi connectivity index (χ4v) is 1.82. The minimum absolute atomic E-state index is 0.111. The van der Waals surface area contributed by atoms with Gasteiger partial charge < -0.3 is 24.8 Å². The first-order valence-electron chi connectivity index (χ1n) is 6.16. The van der Waals surface area contributed by atoms with Gasteiger partial charge in [0, 0.05) is 25.4 Å². The van der Waals surface area contributed by atoms with E-state index in [1.165, 1.54) is 0 Å². The van der Waals surface area contributed by atoms with Crippen LogP contribution in [0.15, 0.2) is 18.2 Å². The number of thiocarbonyl (C=S) groups is 1. The molecule has 1 unspecified atom stereocenters. The van der Waals surface area contributed by atoms with Crippen molar-refractivity contribution in [3.63, 3.8) is 0 Å². The normalized spacial score (nSPS) is 14.6. The molecule has 2 N–H and O–H groups in total. The Morgan fingerprint density at radius 1 is 1.37 bits per heavy atom. The Kier molecular flexibility index (Phi) is 4.81. The zero-order valence-corrected chi connectivity index (χ0v) is 11.9. The van der Waals surface area contributed by atoms with E-state index in [0.717, 1.165) is 17.2 Å². The van der Waals surface area contributed by atoms with Crippen molar-refractivity contribution in [2.75, 3.05) is 32.2 Å². The van der Waals surface area contributed by atoms with Gasteiger partial charge in [0.25, 0.3) is 0 Å². The van der Waals surface area contributed by atoms with Crippen LogP contribution in [-0.2, 0) is 4.74 Å². The Bertz CT molecular complexity index is 454. The van der Waals surface area contributed by atoms with Gasteiger partial charge >= 0.3 is 0 Å². The van der Waals surface area contributed by atoms with E-state index in [2.05, 4.69) is 10.6 Å². The van der Waals surface area contributed by atoms with Crippen LogP contribution in [0, 0.1) is 0 Å². The number of ether oxygens (including phenoxy) is 3. The Labute approximate surface area is 118 Å². The number of anilines is 1. The van der Waals surface area contributed by atoms with Gasteiger partial charge in [0.2, 0.25) is 0 Å². The molecule has 0 aromatic heterocycles. The van der Waals surface area contributed by atoms with E-state index in [-0.39, 0.29) is 6.10 Å². The lowest BCUT2D eigenvalue weighted by molar-refractivity contribution is 0.121. The first kappa shape index (κ1) is 13.9. The van der Waals surface area contributed by atoms with Crippen molar-refractivity contribution in [2.45, 2.75) is 13.0 Å². The standard InChI is InChI=1S/C13H18N2O3S/c1-9(16-2)8-14-13(19)15-10-3-4-11-12(7-10)18-6-5-17-11/h3-4,7,9H,5-6,8H2,1-2H3,(H2,14,15,19). The molecule has 2 rings (SSSR count). The highest BCUT2D eigenvalue weighted by atomic mass is 32.1. The molecule has 0 fully saturated rings. The van der Waals surface area contributed by atoms with Crippen LogP contribution in [0.5, 0.6) is 11.5 Å². The molecule has 1 atom stereocenters. The van der Waals surface area contributed by atoms with Gasteiger partial charge in [-0.15, -0.1) is 0 Å². The highest BCUT2D eigenvalue weighted by molar-refractivity contribution is 7.80. The van der Waals surface area contributed by atoms with E-state index < -0.39 is 0 Å². The summed E-state index contributed by atoms with van der Waals surface area (Å²) in [7, 11) is 1.67. The highest BCUT2D eigenvalue weighted by Crippen LogP contribution is 2.32. The van der Waals surface area contributed by atoms with Crippen molar-refractivity contribution >= 4 is 23.0 Å². The van der Waals surface area contributed by atoms with Crippen LogP contribution in [0.3, 0.4) is 0 Å². The van der Waals surface area contributed by atoms with Crippen molar-refractivity contribution in [3.8, 4) is 11.5 Å². The smallest absolute Gasteiger partial charge is 0.170 e. The molecule has 1 aromatic carbocycles. The molecule has 1 aliphatic heterocycles. The molecule has 1 heterocycles. The van der Waals surface area contributed by atoms with E-state index >= 15 is 0 Å². The van der Waals surface area contributed by atoms with Crippen LogP contribution in [-0.4, -0.2) is 38.1 Å². The molecule has 0 bridgehead atoms. The van der Waals surface area contributed by atoms with Crippen molar-refractivity contribution in [1.82, 2.24) is 5.32 Å². The van der Waals surface area contributed by atoms with Crippen LogP contribution < -0.4 is 20.1 Å². The zero-order valence-electron chi connectivity index (χ0n) is 11.1. The van der Waals surface area contributed by atoms with Crippen LogP contribution in [0.25, 0.3) is 0 Å². The number of nitrogens with one attached hydrogen (secondary N) is 2. The van der Waals surface area contributed by atoms with Crippen LogP contribution in [0.4, 0.5) is 5.69 Å². The van der Waals surface area contributed by atoms with E-state index in [0.29, 0.717) is 24.9 Å². The van der Waals surface area contributed by atoms with Crippen molar-refractivity contribution < 1.29 is 14.2 Å². The summed E-state index contributed by atoms with van der Waals surface area (Å²) in [6, 6.07) is 5.65. The molecule has 0 saturated carbocycles. The van der Waals surface area contributed by atoms with E-state index in [4.69, 9.17) is 26.4 Å². The molecule has 0 aliphatic carbocycles. The Hall–Kier alpha value is -1.53. The lowest BCUT2D eigenvalue weighted by Gasteiger charge is -2.19. The van der Waals surface area contributed by atoms with E-state index in [1.807, 2.05) is 25.1 Å². The van der Waals surface area contributed by atoms with E-state index in [9.17, 15) is 0 Å². The predicted octanol–water partition coefficient (Wildman–Crippen LogP) is 1.78. The number of fused-ring (bicyclic) bond motifs is 1. The summed E-state index contributed by atoms with van der Waals surface area (Å²) in [6.45, 7) is 3.80. The molecule has 0 spiro atoms. The number of rotatable bonds is 4. The molecule has 0 radical (unpaired) electrons. The molecule has 0 saturated heterocycles. The van der Waals surface area contributed by atoms with Crippen molar-refractivity contribution in [3.05, 3.63) is 18.2 Å². The quantitative estimate of drug-likeness (QED) is 0.821. The van der Waals surface area contributed by atoms with Gasteiger partial charge in [0.1, 0.15) is 13.2 Å². The van der Waals surface area contributed by atoms with Crippen molar-refractivity contribution in [1.29, 1.82) is 0 Å². The van der Waals surface area contributed by atoms with E-state index in [1.54, 1.807) is 7.11 Å². The molecule has 19 heavy (non-hydrogen) atoms. The molecule has 0 amide bonds. The minimum atomic E-state index is 0.111. The summed E-state index contributed by atoms with van der Waals surface area (Å²) in [5.74, 6) is 1.51. The SMILES string of the molecule is COC(C)CNC(=S)Nc1ccc2c(c1)OCCO2. The third kappa shape index (κ3) is 3.97. The predicted molar refractivity (Wildman–Crippen MR) is 78.1 cm³/mol. The molecule has 6 heteroatoms. The van der Waals surface area contributed by atoms with Gasteiger partial charge in [0.05, 0.1) is 6.10 Å². The third-order valence-corrected chi connectivity index (χ3v) is 3.00. The third-order valence-electron chi connectivity index (χ3n) is 2.75. The summed E-state index contributed by atoms with van der Waals surface area (Å²) in [6.07, 6.45) is 0.111. The maximum absolute atomic E-state index is 5.51. The van der Waals surface area contributed by atoms with Gasteiger partial charge in [-0.1, -0.05) is 0 Å². The molecular formula is C13H18N2O3S. The number of hydrogen-bond donors (Lipinski definition) is 2. The summed E-state index contributed by atoms with van der Waals surface area (Å²) in [5, 5.41) is 6.74. The second kappa shape index (κ2) is 6.58. The number of methoxy groups -OCH3 is 1. The molecule has 1 aliphatic rings. The van der Waals surface area contributed by atoms with Crippen LogP contribution >= 0.6 is 12.2 Å². The van der Waals surface area contributed by atoms with Crippen molar-refractivity contribution in [2.24, 2.45) is 0 Å². The maximum atomic E-state index is 5.51. The fraction of sp³-hybridized carbons (Fsp3) is 0.462. The lowest BCUT2D eigenvalue weighted by Crippen LogP contribution is -2.34. The molecular weight excluding hydrogens is 264 g/mol. The van der Waals surface area contributed by atoms with Gasteiger partial charge in [-0.3, -0.25) is 0 Å².